The molecule has 0 aliphatic rings. The van der Waals surface area contributed by atoms with Crippen LogP contribution in [-0.2, 0) is 20.7 Å². The number of carbonyl (C=O) groups excluding carboxylic acids is 2. The number of benzene rings is 3. The normalized spacial score (nSPS) is 12.0. The zero-order chi connectivity index (χ0) is 20.4. The number of hydrogen-bond acceptors (Lipinski definition) is 5. The average molecular weight is 389 g/mol. The number of anilines is 1. The Morgan fingerprint density at radius 1 is 1.07 bits per heavy atom. The Morgan fingerprint density at radius 2 is 1.86 bits per heavy atom. The SMILES string of the molecule is C[C@@H](OC(=O)Cc1coc2cc(O)ccc12)C(=O)Nc1cccc2ccccc12. The van der Waals surface area contributed by atoms with E-state index in [9.17, 15) is 14.7 Å². The first-order valence-electron chi connectivity index (χ1n) is 9.18. The molecule has 0 unspecified atom stereocenters. The Labute approximate surface area is 166 Å². The number of ether oxygens (including phenoxy) is 1. The molecule has 3 aromatic carbocycles. The van der Waals surface area contributed by atoms with Crippen LogP contribution in [-0.4, -0.2) is 23.1 Å². The molecule has 0 saturated carbocycles. The summed E-state index contributed by atoms with van der Waals surface area (Å²) in [6, 6.07) is 18.0. The minimum absolute atomic E-state index is 0.0380. The summed E-state index contributed by atoms with van der Waals surface area (Å²) in [6.45, 7) is 1.53. The smallest absolute Gasteiger partial charge is 0.311 e. The van der Waals surface area contributed by atoms with Crippen LogP contribution in [0.15, 0.2) is 71.3 Å². The van der Waals surface area contributed by atoms with E-state index in [0.717, 1.165) is 10.8 Å². The summed E-state index contributed by atoms with van der Waals surface area (Å²) in [7, 11) is 0. The molecule has 1 amide bonds. The molecule has 146 valence electrons. The summed E-state index contributed by atoms with van der Waals surface area (Å²) in [4.78, 5) is 24.8. The van der Waals surface area contributed by atoms with E-state index in [4.69, 9.17) is 9.15 Å². The minimum atomic E-state index is -0.955. The predicted octanol–water partition coefficient (Wildman–Crippen LogP) is 4.40. The second-order valence-corrected chi connectivity index (χ2v) is 6.77. The first kappa shape index (κ1) is 18.6. The Hall–Kier alpha value is -3.80. The number of rotatable bonds is 5. The number of esters is 1. The van der Waals surface area contributed by atoms with Crippen molar-refractivity contribution in [1.29, 1.82) is 0 Å². The molecule has 0 radical (unpaired) electrons. The molecular formula is C23H19NO5. The lowest BCUT2D eigenvalue weighted by molar-refractivity contribution is -0.152. The highest BCUT2D eigenvalue weighted by atomic mass is 16.5. The van der Waals surface area contributed by atoms with Gasteiger partial charge in [-0.05, 0) is 30.5 Å². The van der Waals surface area contributed by atoms with Crippen molar-refractivity contribution in [2.45, 2.75) is 19.4 Å². The van der Waals surface area contributed by atoms with Crippen molar-refractivity contribution in [3.8, 4) is 5.75 Å². The maximum atomic E-state index is 12.5. The largest absolute Gasteiger partial charge is 0.508 e. The van der Waals surface area contributed by atoms with Crippen molar-refractivity contribution in [1.82, 2.24) is 0 Å². The van der Waals surface area contributed by atoms with Gasteiger partial charge in [0.15, 0.2) is 6.10 Å². The van der Waals surface area contributed by atoms with Crippen molar-refractivity contribution in [2.75, 3.05) is 5.32 Å². The average Bonchev–Trinajstić information content (AvgIpc) is 3.09. The van der Waals surface area contributed by atoms with Gasteiger partial charge in [-0.25, -0.2) is 0 Å². The fourth-order valence-corrected chi connectivity index (χ4v) is 3.23. The first-order chi connectivity index (χ1) is 14.0. The van der Waals surface area contributed by atoms with Crippen LogP contribution in [0.2, 0.25) is 0 Å². The van der Waals surface area contributed by atoms with E-state index in [1.165, 1.54) is 25.3 Å². The molecule has 0 fully saturated rings. The lowest BCUT2D eigenvalue weighted by Gasteiger charge is -2.14. The summed E-state index contributed by atoms with van der Waals surface area (Å²) >= 11 is 0. The molecule has 0 aliphatic carbocycles. The van der Waals surface area contributed by atoms with Crippen LogP contribution < -0.4 is 5.32 Å². The maximum Gasteiger partial charge on any atom is 0.311 e. The number of phenolic OH excluding ortho intramolecular Hbond substituents is 1. The fraction of sp³-hybridized carbons (Fsp3) is 0.130. The Balaban J connectivity index is 1.42. The molecule has 0 saturated heterocycles. The van der Waals surface area contributed by atoms with Crippen LogP contribution in [0.1, 0.15) is 12.5 Å². The molecule has 29 heavy (non-hydrogen) atoms. The molecule has 1 atom stereocenters. The van der Waals surface area contributed by atoms with Gasteiger partial charge in [-0.3, -0.25) is 9.59 Å². The molecule has 0 aliphatic heterocycles. The van der Waals surface area contributed by atoms with Crippen molar-refractivity contribution >= 4 is 39.3 Å². The zero-order valence-electron chi connectivity index (χ0n) is 15.7. The number of hydrogen-bond donors (Lipinski definition) is 2. The van der Waals surface area contributed by atoms with E-state index >= 15 is 0 Å². The summed E-state index contributed by atoms with van der Waals surface area (Å²) < 4.78 is 10.7. The van der Waals surface area contributed by atoms with Crippen molar-refractivity contribution in [3.05, 3.63) is 72.5 Å². The Kier molecular flexibility index (Phi) is 4.91. The summed E-state index contributed by atoms with van der Waals surface area (Å²) in [6.07, 6.45) is 0.458. The third kappa shape index (κ3) is 3.91. The minimum Gasteiger partial charge on any atom is -0.508 e. The van der Waals surface area contributed by atoms with Gasteiger partial charge in [-0.1, -0.05) is 36.4 Å². The van der Waals surface area contributed by atoms with Gasteiger partial charge in [-0.15, -0.1) is 0 Å². The number of nitrogens with one attached hydrogen (secondary N) is 1. The van der Waals surface area contributed by atoms with Gasteiger partial charge < -0.3 is 19.6 Å². The summed E-state index contributed by atoms with van der Waals surface area (Å²) in [5, 5.41) is 14.9. The molecule has 1 aromatic heterocycles. The second kappa shape index (κ2) is 7.67. The van der Waals surface area contributed by atoms with Crippen LogP contribution in [0, 0.1) is 0 Å². The number of carbonyl (C=O) groups is 2. The standard InChI is InChI=1S/C23H19NO5/c1-14(23(27)24-20-8-4-6-15-5-2-3-7-18(15)20)29-22(26)11-16-13-28-21-12-17(25)9-10-19(16)21/h2-10,12-14,25H,11H2,1H3,(H,24,27)/t14-/m1/s1. The Bertz CT molecular complexity index is 1210. The number of amides is 1. The fourth-order valence-electron chi connectivity index (χ4n) is 3.23. The Morgan fingerprint density at radius 3 is 2.72 bits per heavy atom. The summed E-state index contributed by atoms with van der Waals surface area (Å²) in [5.74, 6) is -0.863. The maximum absolute atomic E-state index is 12.5. The van der Waals surface area contributed by atoms with Crippen LogP contribution in [0.5, 0.6) is 5.75 Å². The first-order valence-corrected chi connectivity index (χ1v) is 9.18. The molecule has 6 heteroatoms. The van der Waals surface area contributed by atoms with Gasteiger partial charge in [0.2, 0.25) is 0 Å². The van der Waals surface area contributed by atoms with E-state index in [0.29, 0.717) is 22.2 Å². The van der Waals surface area contributed by atoms with Crippen LogP contribution >= 0.6 is 0 Å². The van der Waals surface area contributed by atoms with E-state index in [1.54, 1.807) is 6.07 Å². The topological polar surface area (TPSA) is 88.8 Å². The number of fused-ring (bicyclic) bond motifs is 2. The quantitative estimate of drug-likeness (QED) is 0.494. The van der Waals surface area contributed by atoms with Crippen molar-refractivity contribution < 1.29 is 23.8 Å². The highest BCUT2D eigenvalue weighted by Crippen LogP contribution is 2.26. The van der Waals surface area contributed by atoms with Gasteiger partial charge in [0.05, 0.1) is 12.7 Å². The third-order valence-electron chi connectivity index (χ3n) is 4.70. The molecule has 4 rings (SSSR count). The lowest BCUT2D eigenvalue weighted by atomic mass is 10.1. The predicted molar refractivity (Wildman–Crippen MR) is 110 cm³/mol. The van der Waals surface area contributed by atoms with Crippen molar-refractivity contribution in [3.63, 3.8) is 0 Å². The number of furan rings is 1. The van der Waals surface area contributed by atoms with E-state index in [-0.39, 0.29) is 12.2 Å². The van der Waals surface area contributed by atoms with E-state index in [2.05, 4.69) is 5.32 Å². The molecule has 0 bridgehead atoms. The van der Waals surface area contributed by atoms with Crippen LogP contribution in [0.4, 0.5) is 5.69 Å². The molecule has 6 nitrogen and oxygen atoms in total. The van der Waals surface area contributed by atoms with Gasteiger partial charge >= 0.3 is 5.97 Å². The summed E-state index contributed by atoms with van der Waals surface area (Å²) in [5.41, 5.74) is 1.78. The van der Waals surface area contributed by atoms with Gasteiger partial charge in [0.1, 0.15) is 11.3 Å². The number of aromatic hydroxyl groups is 1. The van der Waals surface area contributed by atoms with Crippen molar-refractivity contribution in [2.24, 2.45) is 0 Å². The lowest BCUT2D eigenvalue weighted by Crippen LogP contribution is -2.30. The molecule has 2 N–H and O–H groups in total. The molecule has 0 spiro atoms. The van der Waals surface area contributed by atoms with Gasteiger partial charge in [0, 0.05) is 28.1 Å². The highest BCUT2D eigenvalue weighted by molar-refractivity contribution is 6.03. The highest BCUT2D eigenvalue weighted by Gasteiger charge is 2.20. The molecule has 4 aromatic rings. The number of phenols is 1. The second-order valence-electron chi connectivity index (χ2n) is 6.77. The monoisotopic (exact) mass is 389 g/mol. The van der Waals surface area contributed by atoms with E-state index < -0.39 is 18.0 Å². The third-order valence-corrected chi connectivity index (χ3v) is 4.70. The van der Waals surface area contributed by atoms with E-state index in [1.807, 2.05) is 42.5 Å². The zero-order valence-corrected chi connectivity index (χ0v) is 15.7. The molecular weight excluding hydrogens is 370 g/mol. The van der Waals surface area contributed by atoms with Gasteiger partial charge in [0.25, 0.3) is 5.91 Å². The van der Waals surface area contributed by atoms with Gasteiger partial charge in [-0.2, -0.15) is 0 Å². The molecule has 1 heterocycles. The van der Waals surface area contributed by atoms with Crippen LogP contribution in [0.25, 0.3) is 21.7 Å². The van der Waals surface area contributed by atoms with Crippen LogP contribution in [0.3, 0.4) is 0 Å².